The largest absolute Gasteiger partial charge is 0.378 e. The summed E-state index contributed by atoms with van der Waals surface area (Å²) >= 11 is 0. The average Bonchev–Trinajstić information content (AvgIpc) is 2.32. The van der Waals surface area contributed by atoms with Crippen LogP contribution in [0.15, 0.2) is 18.2 Å². The maximum absolute atomic E-state index is 11.4. The zero-order valence-corrected chi connectivity index (χ0v) is 10.5. The lowest BCUT2D eigenvalue weighted by Crippen LogP contribution is -2.37. The summed E-state index contributed by atoms with van der Waals surface area (Å²) in [5.74, 6) is 0.216. The van der Waals surface area contributed by atoms with Crippen molar-refractivity contribution in [3.63, 3.8) is 0 Å². The van der Waals surface area contributed by atoms with Gasteiger partial charge in [-0.3, -0.25) is 4.79 Å². The van der Waals surface area contributed by atoms with Gasteiger partial charge in [0.25, 0.3) is 0 Å². The molecule has 0 radical (unpaired) electrons. The number of ketones is 1. The number of aryl methyl sites for hydroxylation is 1. The molecule has 0 aliphatic carbocycles. The van der Waals surface area contributed by atoms with Crippen molar-refractivity contribution in [2.45, 2.75) is 20.3 Å². The second-order valence-corrected chi connectivity index (χ2v) is 4.55. The van der Waals surface area contributed by atoms with Gasteiger partial charge in [0.15, 0.2) is 0 Å². The molecule has 0 aromatic heterocycles. The molecule has 1 saturated heterocycles. The van der Waals surface area contributed by atoms with Crippen LogP contribution in [0.3, 0.4) is 0 Å². The van der Waals surface area contributed by atoms with Gasteiger partial charge in [-0.25, -0.2) is 0 Å². The Hall–Kier alpha value is -1.35. The summed E-state index contributed by atoms with van der Waals surface area (Å²) in [6.45, 7) is 7.08. The lowest BCUT2D eigenvalue weighted by atomic mass is 10.0. The van der Waals surface area contributed by atoms with E-state index in [1.54, 1.807) is 6.92 Å². The molecule has 1 aromatic carbocycles. The van der Waals surface area contributed by atoms with Crippen molar-refractivity contribution in [1.29, 1.82) is 0 Å². The van der Waals surface area contributed by atoms with Gasteiger partial charge in [0.1, 0.15) is 5.78 Å². The fourth-order valence-electron chi connectivity index (χ4n) is 2.27. The summed E-state index contributed by atoms with van der Waals surface area (Å²) in [6, 6.07) is 6.24. The molecule has 1 aromatic rings. The van der Waals surface area contributed by atoms with E-state index >= 15 is 0 Å². The normalized spacial score (nSPS) is 16.0. The molecule has 17 heavy (non-hydrogen) atoms. The number of morpholine rings is 1. The lowest BCUT2D eigenvalue weighted by Gasteiger charge is -2.31. The molecule has 1 aliphatic rings. The summed E-state index contributed by atoms with van der Waals surface area (Å²) < 4.78 is 5.36. The van der Waals surface area contributed by atoms with Crippen molar-refractivity contribution in [3.8, 4) is 0 Å². The Kier molecular flexibility index (Phi) is 3.79. The second kappa shape index (κ2) is 5.32. The summed E-state index contributed by atoms with van der Waals surface area (Å²) in [5.41, 5.74) is 3.56. The summed E-state index contributed by atoms with van der Waals surface area (Å²) in [7, 11) is 0. The van der Waals surface area contributed by atoms with Gasteiger partial charge in [-0.15, -0.1) is 0 Å². The van der Waals surface area contributed by atoms with E-state index in [1.807, 2.05) is 0 Å². The highest BCUT2D eigenvalue weighted by Crippen LogP contribution is 2.25. The van der Waals surface area contributed by atoms with E-state index in [0.29, 0.717) is 6.42 Å². The number of Topliss-reactive ketones (excluding diaryl/α,β-unsaturated/α-hetero) is 1. The molecular weight excluding hydrogens is 214 g/mol. The van der Waals surface area contributed by atoms with Crippen LogP contribution in [-0.2, 0) is 16.0 Å². The lowest BCUT2D eigenvalue weighted by molar-refractivity contribution is -0.116. The number of benzene rings is 1. The Morgan fingerprint density at radius 1 is 1.35 bits per heavy atom. The molecule has 0 amide bonds. The van der Waals surface area contributed by atoms with E-state index in [4.69, 9.17) is 4.74 Å². The molecule has 0 saturated carbocycles. The highest BCUT2D eigenvalue weighted by Gasteiger charge is 2.16. The Labute approximate surface area is 102 Å². The van der Waals surface area contributed by atoms with E-state index in [1.165, 1.54) is 16.8 Å². The van der Waals surface area contributed by atoms with Crippen molar-refractivity contribution >= 4 is 11.5 Å². The Bertz CT molecular complexity index is 409. The Morgan fingerprint density at radius 2 is 2.06 bits per heavy atom. The van der Waals surface area contributed by atoms with Crippen molar-refractivity contribution < 1.29 is 9.53 Å². The standard InChI is InChI=1S/C14H19NO2/c1-11-4-3-5-14(13(11)10-12(2)16)15-6-8-17-9-7-15/h3-5H,6-10H2,1-2H3. The van der Waals surface area contributed by atoms with Crippen LogP contribution in [-0.4, -0.2) is 32.1 Å². The minimum atomic E-state index is 0.216. The molecule has 0 N–H and O–H groups in total. The van der Waals surface area contributed by atoms with Gasteiger partial charge in [-0.1, -0.05) is 12.1 Å². The summed E-state index contributed by atoms with van der Waals surface area (Å²) in [6.07, 6.45) is 0.527. The number of anilines is 1. The molecule has 3 heteroatoms. The minimum Gasteiger partial charge on any atom is -0.378 e. The zero-order chi connectivity index (χ0) is 12.3. The number of carbonyl (C=O) groups is 1. The number of hydrogen-bond donors (Lipinski definition) is 0. The van der Waals surface area contributed by atoms with Gasteiger partial charge in [0.05, 0.1) is 13.2 Å². The van der Waals surface area contributed by atoms with Crippen LogP contribution in [0.4, 0.5) is 5.69 Å². The van der Waals surface area contributed by atoms with Gasteiger partial charge in [-0.05, 0) is 31.0 Å². The van der Waals surface area contributed by atoms with Crippen molar-refractivity contribution in [1.82, 2.24) is 0 Å². The van der Waals surface area contributed by atoms with Gasteiger partial charge in [-0.2, -0.15) is 0 Å². The summed E-state index contributed by atoms with van der Waals surface area (Å²) in [4.78, 5) is 13.7. The molecule has 0 unspecified atom stereocenters. The third-order valence-corrected chi connectivity index (χ3v) is 3.16. The van der Waals surface area contributed by atoms with Crippen molar-refractivity contribution in [3.05, 3.63) is 29.3 Å². The smallest absolute Gasteiger partial charge is 0.134 e. The van der Waals surface area contributed by atoms with Gasteiger partial charge in [0.2, 0.25) is 0 Å². The van der Waals surface area contributed by atoms with Crippen LogP contribution < -0.4 is 4.90 Å². The predicted molar refractivity (Wildman–Crippen MR) is 68.6 cm³/mol. The van der Waals surface area contributed by atoms with E-state index in [2.05, 4.69) is 30.0 Å². The molecule has 0 bridgehead atoms. The fourth-order valence-corrected chi connectivity index (χ4v) is 2.27. The van der Waals surface area contributed by atoms with E-state index in [0.717, 1.165) is 26.3 Å². The van der Waals surface area contributed by atoms with Gasteiger partial charge >= 0.3 is 0 Å². The van der Waals surface area contributed by atoms with Crippen LogP contribution in [0.25, 0.3) is 0 Å². The molecular formula is C14H19NO2. The van der Waals surface area contributed by atoms with Crippen LogP contribution in [0.1, 0.15) is 18.1 Å². The number of rotatable bonds is 3. The highest BCUT2D eigenvalue weighted by molar-refractivity contribution is 5.81. The maximum Gasteiger partial charge on any atom is 0.134 e. The first kappa shape index (κ1) is 12.1. The predicted octanol–water partition coefficient (Wildman–Crippen LogP) is 1.96. The minimum absolute atomic E-state index is 0.216. The molecule has 1 aliphatic heterocycles. The average molecular weight is 233 g/mol. The first-order chi connectivity index (χ1) is 8.18. The zero-order valence-electron chi connectivity index (χ0n) is 10.5. The quantitative estimate of drug-likeness (QED) is 0.799. The van der Waals surface area contributed by atoms with Crippen LogP contribution >= 0.6 is 0 Å². The van der Waals surface area contributed by atoms with Crippen molar-refractivity contribution in [2.24, 2.45) is 0 Å². The SMILES string of the molecule is CC(=O)Cc1c(C)cccc1N1CCOCC1. The monoisotopic (exact) mass is 233 g/mol. The molecule has 3 nitrogen and oxygen atoms in total. The third-order valence-electron chi connectivity index (χ3n) is 3.16. The molecule has 1 fully saturated rings. The third kappa shape index (κ3) is 2.86. The number of nitrogens with zero attached hydrogens (tertiary/aromatic N) is 1. The van der Waals surface area contributed by atoms with Gasteiger partial charge in [0, 0.05) is 25.2 Å². The second-order valence-electron chi connectivity index (χ2n) is 4.55. The van der Waals surface area contributed by atoms with E-state index in [-0.39, 0.29) is 5.78 Å². The highest BCUT2D eigenvalue weighted by atomic mass is 16.5. The maximum atomic E-state index is 11.4. The van der Waals surface area contributed by atoms with Crippen molar-refractivity contribution in [2.75, 3.05) is 31.2 Å². The molecule has 0 atom stereocenters. The molecule has 2 rings (SSSR count). The topological polar surface area (TPSA) is 29.5 Å². The summed E-state index contributed by atoms with van der Waals surface area (Å²) in [5, 5.41) is 0. The number of ether oxygens (including phenoxy) is 1. The van der Waals surface area contributed by atoms with Crippen LogP contribution in [0.2, 0.25) is 0 Å². The number of carbonyl (C=O) groups excluding carboxylic acids is 1. The number of hydrogen-bond acceptors (Lipinski definition) is 3. The first-order valence-electron chi connectivity index (χ1n) is 6.09. The molecule has 1 heterocycles. The fraction of sp³-hybridized carbons (Fsp3) is 0.500. The Morgan fingerprint density at radius 3 is 2.71 bits per heavy atom. The van der Waals surface area contributed by atoms with E-state index < -0.39 is 0 Å². The van der Waals surface area contributed by atoms with E-state index in [9.17, 15) is 4.79 Å². The Balaban J connectivity index is 2.30. The van der Waals surface area contributed by atoms with Crippen LogP contribution in [0.5, 0.6) is 0 Å². The van der Waals surface area contributed by atoms with Crippen LogP contribution in [0, 0.1) is 6.92 Å². The van der Waals surface area contributed by atoms with Gasteiger partial charge < -0.3 is 9.64 Å². The molecule has 92 valence electrons. The molecule has 0 spiro atoms. The first-order valence-corrected chi connectivity index (χ1v) is 6.09.